The Hall–Kier alpha value is -2.58. The molecule has 24 heavy (non-hydrogen) atoms. The Bertz CT molecular complexity index is 758. The first-order valence-corrected chi connectivity index (χ1v) is 7.29. The highest BCUT2D eigenvalue weighted by Gasteiger charge is 2.36. The highest BCUT2D eigenvalue weighted by atomic mass is 19.4. The van der Waals surface area contributed by atoms with Crippen LogP contribution >= 0.6 is 0 Å². The topological polar surface area (TPSA) is 58.6 Å². The van der Waals surface area contributed by atoms with Crippen LogP contribution in [0.25, 0.3) is 10.9 Å². The van der Waals surface area contributed by atoms with Crippen LogP contribution in [0.15, 0.2) is 18.2 Å². The number of carbonyl (C=O) groups excluding carboxylic acids is 1. The highest BCUT2D eigenvalue weighted by Crippen LogP contribution is 2.33. The molecular formula is C15H15F3N4O2. The number of carbonyl (C=O) groups is 1. The predicted molar refractivity (Wildman–Crippen MR) is 80.9 cm³/mol. The molecule has 0 atom stereocenters. The minimum atomic E-state index is -4.64. The molecule has 0 unspecified atom stereocenters. The molecule has 0 saturated carbocycles. The SMILES string of the molecule is COc1ccc2c(N3CCN(C=O)CC3)nc(C(F)(F)F)nc2c1. The van der Waals surface area contributed by atoms with E-state index in [9.17, 15) is 18.0 Å². The van der Waals surface area contributed by atoms with E-state index in [1.807, 2.05) is 0 Å². The van der Waals surface area contributed by atoms with Crippen molar-refractivity contribution in [2.24, 2.45) is 0 Å². The number of hydrogen-bond acceptors (Lipinski definition) is 5. The number of anilines is 1. The minimum absolute atomic E-state index is 0.171. The van der Waals surface area contributed by atoms with E-state index in [4.69, 9.17) is 4.74 Å². The molecule has 1 aromatic heterocycles. The summed E-state index contributed by atoms with van der Waals surface area (Å²) in [5.74, 6) is -0.539. The maximum atomic E-state index is 13.1. The van der Waals surface area contributed by atoms with E-state index in [0.717, 1.165) is 6.41 Å². The maximum absolute atomic E-state index is 13.1. The van der Waals surface area contributed by atoms with Crippen molar-refractivity contribution >= 4 is 23.1 Å². The van der Waals surface area contributed by atoms with Gasteiger partial charge in [0, 0.05) is 37.6 Å². The van der Waals surface area contributed by atoms with Gasteiger partial charge in [-0.15, -0.1) is 0 Å². The number of hydrogen-bond donors (Lipinski definition) is 0. The number of nitrogens with zero attached hydrogens (tertiary/aromatic N) is 4. The monoisotopic (exact) mass is 340 g/mol. The molecule has 0 N–H and O–H groups in total. The van der Waals surface area contributed by atoms with Crippen molar-refractivity contribution in [3.8, 4) is 5.75 Å². The van der Waals surface area contributed by atoms with Gasteiger partial charge in [0.1, 0.15) is 11.6 Å². The lowest BCUT2D eigenvalue weighted by molar-refractivity contribution is -0.144. The first-order chi connectivity index (χ1) is 11.4. The zero-order valence-electron chi connectivity index (χ0n) is 12.9. The van der Waals surface area contributed by atoms with Gasteiger partial charge in [-0.1, -0.05) is 0 Å². The molecule has 0 bridgehead atoms. The second-order valence-electron chi connectivity index (χ2n) is 5.38. The number of benzene rings is 1. The molecule has 0 radical (unpaired) electrons. The van der Waals surface area contributed by atoms with Crippen LogP contribution in [0.2, 0.25) is 0 Å². The largest absolute Gasteiger partial charge is 0.497 e. The van der Waals surface area contributed by atoms with Crippen molar-refractivity contribution in [2.45, 2.75) is 6.18 Å². The van der Waals surface area contributed by atoms with Crippen LogP contribution in [-0.4, -0.2) is 54.6 Å². The molecule has 9 heteroatoms. The van der Waals surface area contributed by atoms with Crippen LogP contribution in [0.1, 0.15) is 5.82 Å². The Morgan fingerprint density at radius 1 is 1.17 bits per heavy atom. The Labute approximate surface area is 135 Å². The Kier molecular flexibility index (Phi) is 4.16. The fourth-order valence-electron chi connectivity index (χ4n) is 2.63. The number of fused-ring (bicyclic) bond motifs is 1. The third kappa shape index (κ3) is 3.06. The van der Waals surface area contributed by atoms with Crippen molar-refractivity contribution in [3.05, 3.63) is 24.0 Å². The third-order valence-corrected chi connectivity index (χ3v) is 3.90. The van der Waals surface area contributed by atoms with Crippen LogP contribution < -0.4 is 9.64 Å². The first kappa shape index (κ1) is 16.3. The van der Waals surface area contributed by atoms with Crippen molar-refractivity contribution in [2.75, 3.05) is 38.2 Å². The summed E-state index contributed by atoms with van der Waals surface area (Å²) in [5.41, 5.74) is 0.171. The molecule has 0 spiro atoms. The Morgan fingerprint density at radius 3 is 2.46 bits per heavy atom. The molecule has 128 valence electrons. The Balaban J connectivity index is 2.09. The lowest BCUT2D eigenvalue weighted by atomic mass is 10.2. The third-order valence-electron chi connectivity index (χ3n) is 3.90. The summed E-state index contributed by atoms with van der Waals surface area (Å²) in [7, 11) is 1.44. The normalized spacial score (nSPS) is 15.7. The fourth-order valence-corrected chi connectivity index (χ4v) is 2.63. The number of amides is 1. The van der Waals surface area contributed by atoms with Crippen LogP contribution in [0.3, 0.4) is 0 Å². The summed E-state index contributed by atoms with van der Waals surface area (Å²) in [6.07, 6.45) is -3.90. The van der Waals surface area contributed by atoms with Crippen LogP contribution in [-0.2, 0) is 11.0 Å². The van der Waals surface area contributed by atoms with Crippen molar-refractivity contribution in [1.29, 1.82) is 0 Å². The van der Waals surface area contributed by atoms with Crippen molar-refractivity contribution in [1.82, 2.24) is 14.9 Å². The molecule has 3 rings (SSSR count). The van der Waals surface area contributed by atoms with Gasteiger partial charge in [0.2, 0.25) is 12.2 Å². The predicted octanol–water partition coefficient (Wildman–Crippen LogP) is 1.94. The van der Waals surface area contributed by atoms with Gasteiger partial charge in [0.15, 0.2) is 0 Å². The van der Waals surface area contributed by atoms with Crippen molar-refractivity contribution < 1.29 is 22.7 Å². The fraction of sp³-hybridized carbons (Fsp3) is 0.400. The summed E-state index contributed by atoms with van der Waals surface area (Å²) < 4.78 is 44.5. The van der Waals surface area contributed by atoms with Gasteiger partial charge in [0.25, 0.3) is 0 Å². The molecule has 1 aliphatic heterocycles. The van der Waals surface area contributed by atoms with Crippen LogP contribution in [0, 0.1) is 0 Å². The quantitative estimate of drug-likeness (QED) is 0.799. The number of alkyl halides is 3. The molecule has 1 amide bonds. The van der Waals surface area contributed by atoms with Gasteiger partial charge in [-0.3, -0.25) is 4.79 Å². The minimum Gasteiger partial charge on any atom is -0.497 e. The average Bonchev–Trinajstić information content (AvgIpc) is 2.59. The number of piperazine rings is 1. The van der Waals surface area contributed by atoms with Gasteiger partial charge < -0.3 is 14.5 Å². The summed E-state index contributed by atoms with van der Waals surface area (Å²) >= 11 is 0. The smallest absolute Gasteiger partial charge is 0.451 e. The van der Waals surface area contributed by atoms with Gasteiger partial charge in [-0.2, -0.15) is 13.2 Å². The van der Waals surface area contributed by atoms with Crippen LogP contribution in [0.4, 0.5) is 19.0 Å². The van der Waals surface area contributed by atoms with E-state index >= 15 is 0 Å². The zero-order valence-corrected chi connectivity index (χ0v) is 12.9. The second kappa shape index (κ2) is 6.14. The highest BCUT2D eigenvalue weighted by molar-refractivity contribution is 5.90. The van der Waals surface area contributed by atoms with Crippen LogP contribution in [0.5, 0.6) is 5.75 Å². The van der Waals surface area contributed by atoms with E-state index in [0.29, 0.717) is 37.3 Å². The van der Waals surface area contributed by atoms with E-state index in [1.54, 1.807) is 21.9 Å². The number of rotatable bonds is 3. The first-order valence-electron chi connectivity index (χ1n) is 7.29. The molecule has 1 saturated heterocycles. The number of methoxy groups -OCH3 is 1. The molecular weight excluding hydrogens is 325 g/mol. The van der Waals surface area contributed by atoms with Gasteiger partial charge in [-0.25, -0.2) is 9.97 Å². The average molecular weight is 340 g/mol. The molecule has 1 aliphatic rings. The second-order valence-corrected chi connectivity index (χ2v) is 5.38. The van der Waals surface area contributed by atoms with Crippen molar-refractivity contribution in [3.63, 3.8) is 0 Å². The lowest BCUT2D eigenvalue weighted by Crippen LogP contribution is -2.46. The molecule has 6 nitrogen and oxygen atoms in total. The maximum Gasteiger partial charge on any atom is 0.451 e. The standard InChI is InChI=1S/C15H15F3N4O2/c1-24-10-2-3-11-12(8-10)19-14(15(16,17)18)20-13(11)22-6-4-21(9-23)5-7-22/h2-3,8-9H,4-7H2,1H3. The summed E-state index contributed by atoms with van der Waals surface area (Å²) in [4.78, 5) is 21.5. The van der Waals surface area contributed by atoms with E-state index < -0.39 is 12.0 Å². The van der Waals surface area contributed by atoms with E-state index in [1.165, 1.54) is 13.2 Å². The number of halogens is 3. The zero-order chi connectivity index (χ0) is 17.3. The summed E-state index contributed by atoms with van der Waals surface area (Å²) in [6, 6.07) is 4.76. The summed E-state index contributed by atoms with van der Waals surface area (Å²) in [5, 5.41) is 0.517. The molecule has 1 fully saturated rings. The molecule has 1 aromatic carbocycles. The number of aromatic nitrogens is 2. The molecule has 0 aliphatic carbocycles. The van der Waals surface area contributed by atoms with E-state index in [-0.39, 0.29) is 11.3 Å². The van der Waals surface area contributed by atoms with Gasteiger partial charge in [0.05, 0.1) is 12.6 Å². The Morgan fingerprint density at radius 2 is 1.88 bits per heavy atom. The summed E-state index contributed by atoms with van der Waals surface area (Å²) in [6.45, 7) is 1.70. The van der Waals surface area contributed by atoms with E-state index in [2.05, 4.69) is 9.97 Å². The number of ether oxygens (including phenoxy) is 1. The molecule has 2 heterocycles. The van der Waals surface area contributed by atoms with Gasteiger partial charge in [-0.05, 0) is 12.1 Å². The lowest BCUT2D eigenvalue weighted by Gasteiger charge is -2.34. The molecule has 2 aromatic rings. The van der Waals surface area contributed by atoms with Gasteiger partial charge >= 0.3 is 6.18 Å².